The van der Waals surface area contributed by atoms with Crippen LogP contribution in [0.25, 0.3) is 0 Å². The molecule has 4 aromatic carbocycles. The van der Waals surface area contributed by atoms with Gasteiger partial charge in [0.1, 0.15) is 0 Å². The van der Waals surface area contributed by atoms with Gasteiger partial charge in [0, 0.05) is 0 Å². The van der Waals surface area contributed by atoms with Crippen LogP contribution in [0.3, 0.4) is 0 Å². The maximum absolute atomic E-state index is 12.4. The van der Waals surface area contributed by atoms with Crippen molar-refractivity contribution in [1.82, 2.24) is 0 Å². The molecule has 0 amide bonds. The third kappa shape index (κ3) is 4.30. The molecule has 0 unspecified atom stereocenters. The van der Waals surface area contributed by atoms with Crippen molar-refractivity contribution in [3.63, 3.8) is 0 Å². The first-order valence-electron chi connectivity index (χ1n) is 10.8. The molecule has 0 aliphatic rings. The van der Waals surface area contributed by atoms with Gasteiger partial charge in [-0.25, -0.2) is 0 Å². The number of ether oxygens (including phenoxy) is 1. The second-order valence-corrected chi connectivity index (χ2v) is 11.6. The summed E-state index contributed by atoms with van der Waals surface area (Å²) in [5.74, 6) is -0.183. The molecule has 0 spiro atoms. The van der Waals surface area contributed by atoms with Crippen molar-refractivity contribution in [2.24, 2.45) is 0 Å². The Morgan fingerprint density at radius 3 is 1.66 bits per heavy atom. The maximum atomic E-state index is 12.4. The molecule has 0 fully saturated rings. The number of esters is 1. The van der Waals surface area contributed by atoms with E-state index < -0.39 is 7.26 Å². The van der Waals surface area contributed by atoms with Gasteiger partial charge in [-0.05, 0) is 0 Å². The van der Waals surface area contributed by atoms with Gasteiger partial charge in [-0.15, -0.1) is 0 Å². The fourth-order valence-corrected chi connectivity index (χ4v) is 9.08. The molecule has 0 heterocycles. The predicted octanol–water partition coefficient (Wildman–Crippen LogP) is 4.80. The molecule has 0 atom stereocenters. The first-order chi connectivity index (χ1) is 15.6. The van der Waals surface area contributed by atoms with Gasteiger partial charge in [0.15, 0.2) is 0 Å². The number of carbonyl (C=O) groups is 1. The van der Waals surface area contributed by atoms with E-state index in [1.807, 2.05) is 18.2 Å². The van der Waals surface area contributed by atoms with Crippen molar-refractivity contribution in [2.45, 2.75) is 13.1 Å². The van der Waals surface area contributed by atoms with Crippen LogP contribution in [0.15, 0.2) is 109 Å². The Hall–Kier alpha value is -3.42. The van der Waals surface area contributed by atoms with Crippen LogP contribution in [0, 0.1) is 0 Å². The summed E-state index contributed by atoms with van der Waals surface area (Å²) in [6.45, 7) is 2.10. The molecular formula is C28H27O3P. The Labute approximate surface area is 189 Å². The van der Waals surface area contributed by atoms with E-state index in [0.717, 1.165) is 5.56 Å². The van der Waals surface area contributed by atoms with Crippen molar-refractivity contribution >= 4 is 29.1 Å². The number of phenols is 1. The van der Waals surface area contributed by atoms with Crippen molar-refractivity contribution in [1.29, 1.82) is 0 Å². The van der Waals surface area contributed by atoms with Gasteiger partial charge >= 0.3 is 190 Å². The minimum absolute atomic E-state index is 0.192. The van der Waals surface area contributed by atoms with Crippen LogP contribution in [0.1, 0.15) is 22.8 Å². The Balaban J connectivity index is 1.95. The SMILES string of the molecule is CCOC(=O)c1ccc(O)c(C[PH](c2ccccc2)(c2ccccc2)c2ccccc2)c1. The zero-order valence-corrected chi connectivity index (χ0v) is 19.1. The van der Waals surface area contributed by atoms with Gasteiger partial charge in [0.2, 0.25) is 0 Å². The number of phenolic OH excluding ortho intramolecular Hbond substituents is 1. The molecule has 0 aliphatic carbocycles. The standard InChI is InChI=1S/C28H27O3P/c1-2-31-28(30)22-18-19-27(29)23(20-22)21-32(24-12-6-3-7-13-24,25-14-8-4-9-15-25)26-16-10-5-11-17-26/h3-20,29,32H,2,21H2,1H3. The molecule has 0 aromatic heterocycles. The van der Waals surface area contributed by atoms with Crippen LogP contribution in [0.5, 0.6) is 5.75 Å². The third-order valence-electron chi connectivity index (χ3n) is 5.85. The van der Waals surface area contributed by atoms with Gasteiger partial charge in [-0.1, -0.05) is 0 Å². The van der Waals surface area contributed by atoms with E-state index >= 15 is 0 Å². The fourth-order valence-electron chi connectivity index (χ4n) is 4.33. The second-order valence-electron chi connectivity index (χ2n) is 7.74. The molecule has 4 rings (SSSR count). The summed E-state index contributed by atoms with van der Waals surface area (Å²) in [4.78, 5) is 12.4. The van der Waals surface area contributed by atoms with Crippen LogP contribution >= 0.6 is 7.26 Å². The van der Waals surface area contributed by atoms with E-state index in [-0.39, 0.29) is 11.7 Å². The number of rotatable bonds is 7. The molecule has 3 nitrogen and oxygen atoms in total. The Bertz CT molecular complexity index is 1080. The van der Waals surface area contributed by atoms with E-state index in [2.05, 4.69) is 72.8 Å². The molecule has 0 aliphatic heterocycles. The van der Waals surface area contributed by atoms with Gasteiger partial charge in [0.25, 0.3) is 0 Å². The van der Waals surface area contributed by atoms with Gasteiger partial charge in [0.05, 0.1) is 0 Å². The normalized spacial score (nSPS) is 11.7. The Kier molecular flexibility index (Phi) is 6.68. The summed E-state index contributed by atoms with van der Waals surface area (Å²) in [7, 11) is -2.58. The molecule has 4 aromatic rings. The molecule has 0 bridgehead atoms. The summed E-state index contributed by atoms with van der Waals surface area (Å²) in [6.07, 6.45) is 0.615. The molecule has 162 valence electrons. The van der Waals surface area contributed by atoms with E-state index in [0.29, 0.717) is 18.3 Å². The fraction of sp³-hybridized carbons (Fsp3) is 0.107. The number of hydrogen-bond acceptors (Lipinski definition) is 3. The minimum atomic E-state index is -2.58. The average molecular weight is 442 g/mol. The molecular weight excluding hydrogens is 415 g/mol. The zero-order valence-electron chi connectivity index (χ0n) is 18.1. The molecule has 0 radical (unpaired) electrons. The van der Waals surface area contributed by atoms with Crippen LogP contribution in [0.4, 0.5) is 0 Å². The average Bonchev–Trinajstić information content (AvgIpc) is 2.85. The molecule has 0 saturated heterocycles. The second kappa shape index (κ2) is 9.80. The first kappa shape index (κ1) is 21.8. The molecule has 1 N–H and O–H groups in total. The number of benzene rings is 4. The molecule has 0 saturated carbocycles. The van der Waals surface area contributed by atoms with Crippen molar-refractivity contribution < 1.29 is 14.6 Å². The van der Waals surface area contributed by atoms with E-state index in [4.69, 9.17) is 4.74 Å². The van der Waals surface area contributed by atoms with Gasteiger partial charge in [-0.2, -0.15) is 0 Å². The van der Waals surface area contributed by atoms with Crippen LogP contribution < -0.4 is 15.9 Å². The van der Waals surface area contributed by atoms with Crippen molar-refractivity contribution in [3.8, 4) is 5.75 Å². The molecule has 4 heteroatoms. The summed E-state index contributed by atoms with van der Waals surface area (Å²) in [6, 6.07) is 36.6. The van der Waals surface area contributed by atoms with Crippen LogP contribution in [0.2, 0.25) is 0 Å². The van der Waals surface area contributed by atoms with Crippen molar-refractivity contribution in [3.05, 3.63) is 120 Å². The molecule has 32 heavy (non-hydrogen) atoms. The Morgan fingerprint density at radius 2 is 1.22 bits per heavy atom. The van der Waals surface area contributed by atoms with Crippen LogP contribution in [-0.2, 0) is 10.9 Å². The number of aromatic hydroxyl groups is 1. The number of hydrogen-bond donors (Lipinski definition) is 1. The van der Waals surface area contributed by atoms with Crippen molar-refractivity contribution in [2.75, 3.05) is 6.61 Å². The Morgan fingerprint density at radius 1 is 0.750 bits per heavy atom. The predicted molar refractivity (Wildman–Crippen MR) is 134 cm³/mol. The summed E-state index contributed by atoms with van der Waals surface area (Å²) >= 11 is 0. The van der Waals surface area contributed by atoms with E-state index in [9.17, 15) is 9.90 Å². The first-order valence-corrected chi connectivity index (χ1v) is 13.0. The topological polar surface area (TPSA) is 46.5 Å². The summed E-state index contributed by atoms with van der Waals surface area (Å²) in [5.41, 5.74) is 1.20. The zero-order chi connectivity index (χ0) is 22.4. The third-order valence-corrected chi connectivity index (χ3v) is 10.7. The van der Waals surface area contributed by atoms with E-state index in [1.54, 1.807) is 25.1 Å². The summed E-state index contributed by atoms with van der Waals surface area (Å²) < 4.78 is 5.20. The van der Waals surface area contributed by atoms with E-state index in [1.165, 1.54) is 15.9 Å². The quantitative estimate of drug-likeness (QED) is 0.331. The monoisotopic (exact) mass is 442 g/mol. The summed E-state index contributed by atoms with van der Waals surface area (Å²) in [5, 5.41) is 14.6. The van der Waals surface area contributed by atoms with Crippen LogP contribution in [-0.4, -0.2) is 17.7 Å². The van der Waals surface area contributed by atoms with Gasteiger partial charge in [-0.3, -0.25) is 0 Å². The number of carbonyl (C=O) groups excluding carboxylic acids is 1. The van der Waals surface area contributed by atoms with Gasteiger partial charge < -0.3 is 0 Å².